The van der Waals surface area contributed by atoms with E-state index in [-0.39, 0.29) is 30.8 Å². The number of hydrogen-bond acceptors (Lipinski definition) is 2. The summed E-state index contributed by atoms with van der Waals surface area (Å²) in [6.07, 6.45) is 1.41. The van der Waals surface area contributed by atoms with Crippen molar-refractivity contribution in [1.29, 1.82) is 0 Å². The van der Waals surface area contributed by atoms with Gasteiger partial charge >= 0.3 is 0 Å². The molecule has 3 rings (SSSR count). The lowest BCUT2D eigenvalue weighted by Crippen LogP contribution is -2.52. The minimum absolute atomic E-state index is 0.00304. The van der Waals surface area contributed by atoms with E-state index in [2.05, 4.69) is 5.32 Å². The van der Waals surface area contributed by atoms with Crippen LogP contribution in [0, 0.1) is 13.8 Å². The highest BCUT2D eigenvalue weighted by Crippen LogP contribution is 2.25. The fourth-order valence-corrected chi connectivity index (χ4v) is 4.41. The SMILES string of the molecule is CC[C@@H](C)NC(=O)[C@H](Cc1ccccc1)N(Cc1ccc(Cl)c(Cl)c1)C(=O)Cc1cc(C)ccc1C. The van der Waals surface area contributed by atoms with E-state index in [1.54, 1.807) is 17.0 Å². The van der Waals surface area contributed by atoms with Crippen LogP contribution in [0.2, 0.25) is 10.0 Å². The molecule has 0 aliphatic heterocycles. The van der Waals surface area contributed by atoms with Gasteiger partial charge in [-0.05, 0) is 61.6 Å². The van der Waals surface area contributed by atoms with Gasteiger partial charge in [-0.3, -0.25) is 9.59 Å². The Balaban J connectivity index is 2.02. The summed E-state index contributed by atoms with van der Waals surface area (Å²) >= 11 is 12.4. The quantitative estimate of drug-likeness (QED) is 0.320. The van der Waals surface area contributed by atoms with Crippen molar-refractivity contribution in [3.8, 4) is 0 Å². The fraction of sp³-hybridized carbons (Fsp3) is 0.333. The summed E-state index contributed by atoms with van der Waals surface area (Å²) in [6.45, 7) is 8.25. The molecule has 0 saturated carbocycles. The van der Waals surface area contributed by atoms with Gasteiger partial charge < -0.3 is 10.2 Å². The van der Waals surface area contributed by atoms with Crippen molar-refractivity contribution in [2.24, 2.45) is 0 Å². The second kappa shape index (κ2) is 12.9. The average Bonchev–Trinajstić information content (AvgIpc) is 2.86. The molecule has 0 radical (unpaired) electrons. The zero-order chi connectivity index (χ0) is 26.2. The number of amides is 2. The van der Waals surface area contributed by atoms with Crippen LogP contribution in [0.15, 0.2) is 66.7 Å². The van der Waals surface area contributed by atoms with Gasteiger partial charge in [0.15, 0.2) is 0 Å². The molecule has 0 saturated heterocycles. The van der Waals surface area contributed by atoms with Crippen LogP contribution in [0.25, 0.3) is 0 Å². The number of hydrogen-bond donors (Lipinski definition) is 1. The molecular formula is C30H34Cl2N2O2. The Morgan fingerprint density at radius 2 is 1.64 bits per heavy atom. The van der Waals surface area contributed by atoms with E-state index in [0.29, 0.717) is 16.5 Å². The molecule has 0 unspecified atom stereocenters. The smallest absolute Gasteiger partial charge is 0.243 e. The van der Waals surface area contributed by atoms with Crippen LogP contribution in [0.1, 0.15) is 48.1 Å². The summed E-state index contributed by atoms with van der Waals surface area (Å²) in [4.78, 5) is 29.2. The number of benzene rings is 3. The van der Waals surface area contributed by atoms with Gasteiger partial charge in [-0.2, -0.15) is 0 Å². The first-order chi connectivity index (χ1) is 17.2. The highest BCUT2D eigenvalue weighted by atomic mass is 35.5. The Morgan fingerprint density at radius 3 is 2.31 bits per heavy atom. The number of halogens is 2. The van der Waals surface area contributed by atoms with Gasteiger partial charge in [0, 0.05) is 19.0 Å². The lowest BCUT2D eigenvalue weighted by atomic mass is 9.99. The van der Waals surface area contributed by atoms with E-state index in [1.165, 1.54) is 0 Å². The van der Waals surface area contributed by atoms with Crippen LogP contribution >= 0.6 is 23.2 Å². The number of carbonyl (C=O) groups is 2. The number of rotatable bonds is 10. The van der Waals surface area contributed by atoms with Crippen molar-refractivity contribution >= 4 is 35.0 Å². The minimum atomic E-state index is -0.687. The Bertz CT molecular complexity index is 1200. The third-order valence-electron chi connectivity index (χ3n) is 6.46. The van der Waals surface area contributed by atoms with Crippen molar-refractivity contribution in [1.82, 2.24) is 10.2 Å². The van der Waals surface area contributed by atoms with Gasteiger partial charge in [0.25, 0.3) is 0 Å². The number of nitrogens with one attached hydrogen (secondary N) is 1. The molecule has 2 atom stereocenters. The molecule has 3 aromatic carbocycles. The van der Waals surface area contributed by atoms with E-state index < -0.39 is 6.04 Å². The maximum atomic E-state index is 13.9. The molecule has 0 aliphatic rings. The third kappa shape index (κ3) is 7.59. The second-order valence-electron chi connectivity index (χ2n) is 9.40. The molecular weight excluding hydrogens is 491 g/mol. The second-order valence-corrected chi connectivity index (χ2v) is 10.2. The van der Waals surface area contributed by atoms with Gasteiger partial charge in [0.05, 0.1) is 16.5 Å². The van der Waals surface area contributed by atoms with Gasteiger partial charge in [-0.25, -0.2) is 0 Å². The minimum Gasteiger partial charge on any atom is -0.352 e. The first kappa shape index (κ1) is 27.8. The number of aryl methyl sites for hydroxylation is 2. The normalized spacial score (nSPS) is 12.6. The Labute approximate surface area is 224 Å². The Hall–Kier alpha value is -2.82. The monoisotopic (exact) mass is 524 g/mol. The van der Waals surface area contributed by atoms with Crippen molar-refractivity contribution < 1.29 is 9.59 Å². The summed E-state index contributed by atoms with van der Waals surface area (Å²) in [5.41, 5.74) is 4.90. The fourth-order valence-electron chi connectivity index (χ4n) is 4.08. The predicted octanol–water partition coefficient (Wildman–Crippen LogP) is 6.71. The van der Waals surface area contributed by atoms with Crippen molar-refractivity contribution in [2.75, 3.05) is 0 Å². The maximum Gasteiger partial charge on any atom is 0.243 e. The molecule has 190 valence electrons. The first-order valence-electron chi connectivity index (χ1n) is 12.3. The standard InChI is InChI=1S/C30H34Cl2N2O2/c1-5-22(4)33-30(36)28(17-23-9-7-6-8-10-23)34(19-24-13-14-26(31)27(32)16-24)29(35)18-25-15-20(2)11-12-21(25)3/h6-16,22,28H,5,17-19H2,1-4H3,(H,33,36)/t22-,28+/m1/s1. The molecule has 36 heavy (non-hydrogen) atoms. The van der Waals surface area contributed by atoms with Crippen molar-refractivity contribution in [2.45, 2.75) is 65.6 Å². The summed E-state index contributed by atoms with van der Waals surface area (Å²) < 4.78 is 0. The van der Waals surface area contributed by atoms with Gasteiger partial charge in [-0.15, -0.1) is 0 Å². The summed E-state index contributed by atoms with van der Waals surface area (Å²) in [5, 5.41) is 3.96. The molecule has 0 heterocycles. The topological polar surface area (TPSA) is 49.4 Å². The average molecular weight is 526 g/mol. The summed E-state index contributed by atoms with van der Waals surface area (Å²) in [7, 11) is 0. The molecule has 2 amide bonds. The van der Waals surface area contributed by atoms with Gasteiger partial charge in [-0.1, -0.05) is 90.3 Å². The van der Waals surface area contributed by atoms with Crippen molar-refractivity contribution in [3.63, 3.8) is 0 Å². The highest BCUT2D eigenvalue weighted by Gasteiger charge is 2.31. The molecule has 0 bridgehead atoms. The number of nitrogens with zero attached hydrogens (tertiary/aromatic N) is 1. The molecule has 0 fully saturated rings. The third-order valence-corrected chi connectivity index (χ3v) is 7.19. The summed E-state index contributed by atoms with van der Waals surface area (Å²) in [5.74, 6) is -0.280. The van der Waals surface area contributed by atoms with Crippen LogP contribution < -0.4 is 5.32 Å². The Kier molecular flexibility index (Phi) is 9.98. The van der Waals surface area contributed by atoms with Crippen LogP contribution in [0.3, 0.4) is 0 Å². The van der Waals surface area contributed by atoms with E-state index in [9.17, 15) is 9.59 Å². The summed E-state index contributed by atoms with van der Waals surface area (Å²) in [6, 6.07) is 20.5. The Morgan fingerprint density at radius 1 is 0.917 bits per heavy atom. The lowest BCUT2D eigenvalue weighted by molar-refractivity contribution is -0.141. The van der Waals surface area contributed by atoms with Crippen LogP contribution in [0.5, 0.6) is 0 Å². The molecule has 0 aliphatic carbocycles. The van der Waals surface area contributed by atoms with E-state index in [1.807, 2.05) is 82.3 Å². The van der Waals surface area contributed by atoms with Crippen molar-refractivity contribution in [3.05, 3.63) is 105 Å². The molecule has 3 aromatic rings. The van der Waals surface area contributed by atoms with E-state index in [0.717, 1.165) is 34.2 Å². The predicted molar refractivity (Wildman–Crippen MR) is 148 cm³/mol. The largest absolute Gasteiger partial charge is 0.352 e. The first-order valence-corrected chi connectivity index (χ1v) is 13.1. The van der Waals surface area contributed by atoms with Crippen LogP contribution in [-0.2, 0) is 29.0 Å². The molecule has 1 N–H and O–H groups in total. The molecule has 0 aromatic heterocycles. The number of carbonyl (C=O) groups excluding carboxylic acids is 2. The molecule has 0 spiro atoms. The van der Waals surface area contributed by atoms with E-state index >= 15 is 0 Å². The van der Waals surface area contributed by atoms with E-state index in [4.69, 9.17) is 23.2 Å². The highest BCUT2D eigenvalue weighted by molar-refractivity contribution is 6.42. The van der Waals surface area contributed by atoms with Crippen LogP contribution in [0.4, 0.5) is 0 Å². The molecule has 4 nitrogen and oxygen atoms in total. The van der Waals surface area contributed by atoms with Gasteiger partial charge in [0.1, 0.15) is 6.04 Å². The zero-order valence-corrected chi connectivity index (χ0v) is 22.9. The van der Waals surface area contributed by atoms with Crippen LogP contribution in [-0.4, -0.2) is 28.8 Å². The zero-order valence-electron chi connectivity index (χ0n) is 21.4. The van der Waals surface area contributed by atoms with Gasteiger partial charge in [0.2, 0.25) is 11.8 Å². The lowest BCUT2D eigenvalue weighted by Gasteiger charge is -2.32. The molecule has 6 heteroatoms. The maximum absolute atomic E-state index is 13.9.